The normalized spacial score (nSPS) is 17.6. The first kappa shape index (κ1) is 21.4. The van der Waals surface area contributed by atoms with Crippen LogP contribution in [-0.2, 0) is 6.42 Å². The van der Waals surface area contributed by atoms with Gasteiger partial charge in [-0.05, 0) is 51.0 Å². The number of carbonyl (C=O) groups excluding carboxylic acids is 2. The molecule has 3 amide bonds. The summed E-state index contributed by atoms with van der Waals surface area (Å²) in [5.74, 6) is 1.38. The van der Waals surface area contributed by atoms with E-state index in [1.807, 2.05) is 34.9 Å². The minimum atomic E-state index is -0.0149. The number of urea groups is 1. The average Bonchev–Trinajstić information content (AvgIpc) is 3.21. The summed E-state index contributed by atoms with van der Waals surface area (Å²) < 4.78 is 5.90. The van der Waals surface area contributed by atoms with E-state index in [0.29, 0.717) is 37.0 Å². The Hall–Kier alpha value is -2.83. The lowest BCUT2D eigenvalue weighted by molar-refractivity contribution is 0.0717. The van der Waals surface area contributed by atoms with Crippen molar-refractivity contribution in [2.24, 2.45) is 0 Å². The van der Waals surface area contributed by atoms with Gasteiger partial charge in [0.1, 0.15) is 5.76 Å². The lowest BCUT2D eigenvalue weighted by atomic mass is 9.97. The first-order valence-electron chi connectivity index (χ1n) is 11.4. The highest BCUT2D eigenvalue weighted by Crippen LogP contribution is 2.29. The maximum Gasteiger partial charge on any atom is 0.317 e. The van der Waals surface area contributed by atoms with Crippen molar-refractivity contribution in [3.63, 3.8) is 0 Å². The molecule has 31 heavy (non-hydrogen) atoms. The molecule has 0 atom stereocenters. The van der Waals surface area contributed by atoms with E-state index in [1.165, 1.54) is 12.0 Å². The molecule has 2 aliphatic heterocycles. The molecule has 2 aliphatic rings. The van der Waals surface area contributed by atoms with Crippen molar-refractivity contribution in [1.82, 2.24) is 20.1 Å². The van der Waals surface area contributed by atoms with E-state index in [9.17, 15) is 9.59 Å². The van der Waals surface area contributed by atoms with Gasteiger partial charge in [-0.15, -0.1) is 0 Å². The molecule has 0 saturated carbocycles. The number of hydrogen-bond donors (Lipinski definition) is 1. The fraction of sp³-hybridized carbons (Fsp3) is 0.542. The first-order chi connectivity index (χ1) is 15.1. The fourth-order valence-electron chi connectivity index (χ4n) is 4.44. The predicted octanol–water partition coefficient (Wildman–Crippen LogP) is 3.74. The van der Waals surface area contributed by atoms with Crippen LogP contribution >= 0.6 is 0 Å². The van der Waals surface area contributed by atoms with Crippen molar-refractivity contribution in [2.45, 2.75) is 51.4 Å². The molecule has 0 radical (unpaired) electrons. The number of rotatable bonds is 5. The maximum absolute atomic E-state index is 12.8. The summed E-state index contributed by atoms with van der Waals surface area (Å²) in [6.45, 7) is 5.39. The summed E-state index contributed by atoms with van der Waals surface area (Å²) in [6, 6.07) is 10.1. The highest BCUT2D eigenvalue weighted by Gasteiger charge is 2.30. The van der Waals surface area contributed by atoms with Crippen LogP contribution in [0.3, 0.4) is 0 Å². The molecule has 0 bridgehead atoms. The number of amides is 3. The Bertz CT molecular complexity index is 881. The molecular weight excluding hydrogens is 392 g/mol. The summed E-state index contributed by atoms with van der Waals surface area (Å²) in [5.41, 5.74) is 1.67. The van der Waals surface area contributed by atoms with Crippen molar-refractivity contribution in [2.75, 3.05) is 32.7 Å². The molecule has 7 nitrogen and oxygen atoms in total. The molecule has 2 saturated heterocycles. The van der Waals surface area contributed by atoms with Crippen LogP contribution in [0.4, 0.5) is 4.79 Å². The Balaban J connectivity index is 1.26. The van der Waals surface area contributed by atoms with Crippen LogP contribution in [0.15, 0.2) is 34.7 Å². The third-order valence-corrected chi connectivity index (χ3v) is 6.32. The summed E-state index contributed by atoms with van der Waals surface area (Å²) in [5, 5.41) is 3.02. The highest BCUT2D eigenvalue weighted by atomic mass is 16.4. The standard InChI is InChI=1S/C24H32N4O3/c1-18-21(23(29)27-14-6-3-7-15-27)26-22(31-18)20-11-16-28(17-12-20)24(30)25-13-10-19-8-4-2-5-9-19/h2,4-5,8-9,20H,3,6-7,10-17H2,1H3,(H,25,30). The van der Waals surface area contributed by atoms with Crippen LogP contribution in [0.5, 0.6) is 0 Å². The molecule has 1 aromatic carbocycles. The zero-order chi connectivity index (χ0) is 21.6. The second kappa shape index (κ2) is 9.98. The second-order valence-corrected chi connectivity index (χ2v) is 8.54. The number of carbonyl (C=O) groups is 2. The summed E-state index contributed by atoms with van der Waals surface area (Å²) in [4.78, 5) is 33.6. The quantitative estimate of drug-likeness (QED) is 0.793. The van der Waals surface area contributed by atoms with E-state index < -0.39 is 0 Å². The van der Waals surface area contributed by atoms with Crippen LogP contribution in [0.25, 0.3) is 0 Å². The van der Waals surface area contributed by atoms with Gasteiger partial charge in [-0.1, -0.05) is 30.3 Å². The number of oxazole rings is 1. The molecule has 4 rings (SSSR count). The van der Waals surface area contributed by atoms with Gasteiger partial charge in [-0.25, -0.2) is 9.78 Å². The number of piperidine rings is 2. The molecule has 3 heterocycles. The Labute approximate surface area is 183 Å². The van der Waals surface area contributed by atoms with Crippen LogP contribution in [0.2, 0.25) is 0 Å². The van der Waals surface area contributed by atoms with Gasteiger partial charge in [0.2, 0.25) is 0 Å². The van der Waals surface area contributed by atoms with Crippen molar-refractivity contribution in [3.05, 3.63) is 53.2 Å². The highest BCUT2D eigenvalue weighted by molar-refractivity contribution is 5.93. The molecule has 0 spiro atoms. The molecule has 0 aliphatic carbocycles. The molecule has 2 aromatic rings. The number of benzene rings is 1. The van der Waals surface area contributed by atoms with E-state index in [4.69, 9.17) is 4.42 Å². The topological polar surface area (TPSA) is 78.7 Å². The average molecular weight is 425 g/mol. The molecular formula is C24H32N4O3. The SMILES string of the molecule is Cc1oc(C2CCN(C(=O)NCCc3ccccc3)CC2)nc1C(=O)N1CCCCC1. The van der Waals surface area contributed by atoms with E-state index in [-0.39, 0.29) is 17.9 Å². The number of aryl methyl sites for hydroxylation is 1. The van der Waals surface area contributed by atoms with Gasteiger partial charge >= 0.3 is 6.03 Å². The number of hydrogen-bond acceptors (Lipinski definition) is 4. The van der Waals surface area contributed by atoms with Crippen molar-refractivity contribution in [3.8, 4) is 0 Å². The number of nitrogens with zero attached hydrogens (tertiary/aromatic N) is 3. The Kier molecular flexibility index (Phi) is 6.89. The predicted molar refractivity (Wildman–Crippen MR) is 118 cm³/mol. The van der Waals surface area contributed by atoms with Crippen LogP contribution in [0, 0.1) is 6.92 Å². The van der Waals surface area contributed by atoms with Gasteiger partial charge in [0.25, 0.3) is 5.91 Å². The minimum Gasteiger partial charge on any atom is -0.445 e. The van der Waals surface area contributed by atoms with Gasteiger partial charge in [0.15, 0.2) is 11.6 Å². The lowest BCUT2D eigenvalue weighted by Crippen LogP contribution is -2.44. The van der Waals surface area contributed by atoms with Crippen LogP contribution < -0.4 is 5.32 Å². The third-order valence-electron chi connectivity index (χ3n) is 6.32. The molecule has 1 aromatic heterocycles. The summed E-state index contributed by atoms with van der Waals surface area (Å²) >= 11 is 0. The van der Waals surface area contributed by atoms with Gasteiger partial charge in [-0.3, -0.25) is 4.79 Å². The van der Waals surface area contributed by atoms with E-state index in [2.05, 4.69) is 22.4 Å². The van der Waals surface area contributed by atoms with Crippen LogP contribution in [-0.4, -0.2) is 59.4 Å². The molecule has 166 valence electrons. The number of nitrogens with one attached hydrogen (secondary N) is 1. The minimum absolute atomic E-state index is 0.0116. The third kappa shape index (κ3) is 5.27. The van der Waals surface area contributed by atoms with E-state index in [0.717, 1.165) is 45.2 Å². The summed E-state index contributed by atoms with van der Waals surface area (Å²) in [7, 11) is 0. The van der Waals surface area contributed by atoms with Crippen molar-refractivity contribution in [1.29, 1.82) is 0 Å². The fourth-order valence-corrected chi connectivity index (χ4v) is 4.44. The zero-order valence-corrected chi connectivity index (χ0v) is 18.3. The second-order valence-electron chi connectivity index (χ2n) is 8.54. The van der Waals surface area contributed by atoms with Crippen molar-refractivity contribution >= 4 is 11.9 Å². The molecule has 2 fully saturated rings. The number of aromatic nitrogens is 1. The maximum atomic E-state index is 12.8. The van der Waals surface area contributed by atoms with Gasteiger partial charge < -0.3 is 19.5 Å². The molecule has 7 heteroatoms. The Morgan fingerprint density at radius 3 is 2.45 bits per heavy atom. The van der Waals surface area contributed by atoms with Gasteiger partial charge in [-0.2, -0.15) is 0 Å². The van der Waals surface area contributed by atoms with Gasteiger partial charge in [0, 0.05) is 38.6 Å². The summed E-state index contributed by atoms with van der Waals surface area (Å²) in [6.07, 6.45) is 5.72. The van der Waals surface area contributed by atoms with Crippen molar-refractivity contribution < 1.29 is 14.0 Å². The largest absolute Gasteiger partial charge is 0.445 e. The van der Waals surface area contributed by atoms with Crippen LogP contribution in [0.1, 0.15) is 65.7 Å². The smallest absolute Gasteiger partial charge is 0.317 e. The molecule has 0 unspecified atom stereocenters. The Morgan fingerprint density at radius 1 is 1.03 bits per heavy atom. The lowest BCUT2D eigenvalue weighted by Gasteiger charge is -2.30. The van der Waals surface area contributed by atoms with E-state index >= 15 is 0 Å². The number of likely N-dealkylation sites (tertiary alicyclic amines) is 2. The van der Waals surface area contributed by atoms with Gasteiger partial charge in [0.05, 0.1) is 0 Å². The monoisotopic (exact) mass is 424 g/mol. The Morgan fingerprint density at radius 2 is 1.74 bits per heavy atom. The van der Waals surface area contributed by atoms with E-state index in [1.54, 1.807) is 0 Å². The zero-order valence-electron chi connectivity index (χ0n) is 18.3. The molecule has 1 N–H and O–H groups in total. The first-order valence-corrected chi connectivity index (χ1v) is 11.4.